The number of hydrogen-bond acceptors (Lipinski definition) is 6. The highest BCUT2D eigenvalue weighted by molar-refractivity contribution is 6.31. The number of benzene rings is 1. The highest BCUT2D eigenvalue weighted by atomic mass is 35.5. The lowest BCUT2D eigenvalue weighted by molar-refractivity contribution is -0.130. The van der Waals surface area contributed by atoms with Gasteiger partial charge in [-0.05, 0) is 12.1 Å². The fourth-order valence-corrected chi connectivity index (χ4v) is 3.34. The zero-order valence-electron chi connectivity index (χ0n) is 14.9. The third kappa shape index (κ3) is 3.79. The Hall–Kier alpha value is -3.07. The van der Waals surface area contributed by atoms with Crippen LogP contribution in [0.15, 0.2) is 43.2 Å². The molecule has 8 nitrogen and oxygen atoms in total. The number of carbonyl (C=O) groups is 1. The molecule has 144 valence electrons. The van der Waals surface area contributed by atoms with Crippen LogP contribution < -0.4 is 4.90 Å². The van der Waals surface area contributed by atoms with Crippen LogP contribution in [0.2, 0.25) is 5.02 Å². The van der Waals surface area contributed by atoms with Gasteiger partial charge in [0.05, 0.1) is 6.42 Å². The van der Waals surface area contributed by atoms with E-state index in [1.165, 1.54) is 24.8 Å². The maximum atomic E-state index is 13.9. The lowest BCUT2D eigenvalue weighted by atomic mass is 10.1. The largest absolute Gasteiger partial charge is 0.353 e. The Morgan fingerprint density at radius 1 is 1.11 bits per heavy atom. The first kappa shape index (κ1) is 18.3. The maximum absolute atomic E-state index is 13.9. The van der Waals surface area contributed by atoms with Gasteiger partial charge in [0.2, 0.25) is 5.91 Å². The third-order valence-corrected chi connectivity index (χ3v) is 4.99. The van der Waals surface area contributed by atoms with Crippen LogP contribution in [0.1, 0.15) is 5.56 Å². The second kappa shape index (κ2) is 7.89. The van der Waals surface area contributed by atoms with Gasteiger partial charge in [-0.1, -0.05) is 17.7 Å². The highest BCUT2D eigenvalue weighted by Gasteiger charge is 2.23. The second-order valence-corrected chi connectivity index (χ2v) is 6.73. The lowest BCUT2D eigenvalue weighted by Gasteiger charge is -2.35. The molecule has 10 heteroatoms. The van der Waals surface area contributed by atoms with Gasteiger partial charge >= 0.3 is 0 Å². The molecule has 1 aromatic carbocycles. The molecule has 4 rings (SSSR count). The van der Waals surface area contributed by atoms with Gasteiger partial charge in [0.25, 0.3) is 0 Å². The predicted molar refractivity (Wildman–Crippen MR) is 101 cm³/mol. The molecule has 0 atom stereocenters. The monoisotopic (exact) mass is 401 g/mol. The summed E-state index contributed by atoms with van der Waals surface area (Å²) in [6, 6.07) is 6.26. The standard InChI is InChI=1S/C18H17ClFN7O/c19-14-2-1-3-15(20)13(14)8-18(28)26-6-4-25(5-7-26)16-9-17(23-11-22-16)27-12-21-10-24-27/h1-3,9-12H,4-8H2. The third-order valence-electron chi connectivity index (χ3n) is 4.64. The normalized spacial score (nSPS) is 14.4. The van der Waals surface area contributed by atoms with Gasteiger partial charge in [-0.25, -0.2) is 24.0 Å². The van der Waals surface area contributed by atoms with Crippen molar-refractivity contribution in [1.29, 1.82) is 0 Å². The van der Waals surface area contributed by atoms with Crippen LogP contribution in [0.3, 0.4) is 0 Å². The van der Waals surface area contributed by atoms with E-state index in [1.807, 2.05) is 6.07 Å². The first-order valence-corrected chi connectivity index (χ1v) is 9.12. The van der Waals surface area contributed by atoms with Crippen molar-refractivity contribution in [1.82, 2.24) is 29.6 Å². The minimum absolute atomic E-state index is 0.0462. The van der Waals surface area contributed by atoms with Gasteiger partial charge in [0.1, 0.15) is 30.6 Å². The van der Waals surface area contributed by atoms with Crippen LogP contribution in [-0.4, -0.2) is 61.7 Å². The fraction of sp³-hybridized carbons (Fsp3) is 0.278. The molecule has 0 aliphatic carbocycles. The predicted octanol–water partition coefficient (Wildman–Crippen LogP) is 1.74. The van der Waals surface area contributed by atoms with E-state index in [0.717, 1.165) is 5.82 Å². The SMILES string of the molecule is O=C(Cc1c(F)cccc1Cl)N1CCN(c2cc(-n3cncn3)ncn2)CC1. The van der Waals surface area contributed by atoms with Gasteiger partial charge in [-0.15, -0.1) is 0 Å². The average molecular weight is 402 g/mol. The van der Waals surface area contributed by atoms with Crippen LogP contribution in [0.4, 0.5) is 10.2 Å². The summed E-state index contributed by atoms with van der Waals surface area (Å²) >= 11 is 6.03. The van der Waals surface area contributed by atoms with Crippen LogP contribution in [0.5, 0.6) is 0 Å². The van der Waals surface area contributed by atoms with Crippen molar-refractivity contribution in [2.45, 2.75) is 6.42 Å². The van der Waals surface area contributed by atoms with Crippen molar-refractivity contribution in [2.75, 3.05) is 31.1 Å². The number of nitrogens with zero attached hydrogens (tertiary/aromatic N) is 7. The smallest absolute Gasteiger partial charge is 0.227 e. The zero-order chi connectivity index (χ0) is 19.5. The molecular formula is C18H17ClFN7O. The van der Waals surface area contributed by atoms with Crippen LogP contribution in [0, 0.1) is 5.82 Å². The van der Waals surface area contributed by atoms with Gasteiger partial charge in [0.15, 0.2) is 5.82 Å². The van der Waals surface area contributed by atoms with Crippen molar-refractivity contribution in [3.63, 3.8) is 0 Å². The molecule has 0 spiro atoms. The number of halogens is 2. The van der Waals surface area contributed by atoms with Gasteiger partial charge in [-0.2, -0.15) is 5.10 Å². The molecule has 2 aromatic heterocycles. The fourth-order valence-electron chi connectivity index (χ4n) is 3.11. The first-order valence-electron chi connectivity index (χ1n) is 8.74. The Kier molecular flexibility index (Phi) is 5.16. The molecule has 3 aromatic rings. The van der Waals surface area contributed by atoms with Crippen LogP contribution >= 0.6 is 11.6 Å². The first-order chi connectivity index (χ1) is 13.6. The summed E-state index contributed by atoms with van der Waals surface area (Å²) in [5, 5.41) is 4.34. The topological polar surface area (TPSA) is 80.0 Å². The minimum Gasteiger partial charge on any atom is -0.353 e. The molecule has 0 unspecified atom stereocenters. The number of amides is 1. The van der Waals surface area contributed by atoms with Gasteiger partial charge < -0.3 is 9.80 Å². The number of anilines is 1. The summed E-state index contributed by atoms with van der Waals surface area (Å²) in [5.41, 5.74) is 0.241. The molecule has 1 saturated heterocycles. The summed E-state index contributed by atoms with van der Waals surface area (Å²) in [6.45, 7) is 2.27. The van der Waals surface area contributed by atoms with Gasteiger partial charge in [0, 0.05) is 42.8 Å². The molecule has 3 heterocycles. The Morgan fingerprint density at radius 2 is 1.89 bits per heavy atom. The van der Waals surface area contributed by atoms with E-state index in [0.29, 0.717) is 32.0 Å². The molecule has 0 saturated carbocycles. The van der Waals surface area contributed by atoms with E-state index in [4.69, 9.17) is 11.6 Å². The van der Waals surface area contributed by atoms with Gasteiger partial charge in [-0.3, -0.25) is 4.79 Å². The van der Waals surface area contributed by atoms with E-state index < -0.39 is 5.82 Å². The van der Waals surface area contributed by atoms with Crippen molar-refractivity contribution < 1.29 is 9.18 Å². The molecule has 1 aliphatic heterocycles. The average Bonchev–Trinajstić information content (AvgIpc) is 3.26. The minimum atomic E-state index is -0.457. The van der Waals surface area contributed by atoms with Crippen molar-refractivity contribution in [3.05, 3.63) is 59.7 Å². The molecule has 1 fully saturated rings. The van der Waals surface area contributed by atoms with E-state index in [1.54, 1.807) is 22.0 Å². The van der Waals surface area contributed by atoms with E-state index in [-0.39, 0.29) is 22.9 Å². The number of aromatic nitrogens is 5. The second-order valence-electron chi connectivity index (χ2n) is 6.32. The molecule has 0 radical (unpaired) electrons. The quantitative estimate of drug-likeness (QED) is 0.662. The van der Waals surface area contributed by atoms with E-state index in [2.05, 4.69) is 25.0 Å². The molecule has 28 heavy (non-hydrogen) atoms. The summed E-state index contributed by atoms with van der Waals surface area (Å²) < 4.78 is 15.5. The molecule has 0 bridgehead atoms. The van der Waals surface area contributed by atoms with Crippen molar-refractivity contribution in [2.24, 2.45) is 0 Å². The molecule has 1 amide bonds. The number of hydrogen-bond donors (Lipinski definition) is 0. The van der Waals surface area contributed by atoms with Crippen molar-refractivity contribution in [3.8, 4) is 5.82 Å². The number of carbonyl (C=O) groups excluding carboxylic acids is 1. The molecule has 0 N–H and O–H groups in total. The zero-order valence-corrected chi connectivity index (χ0v) is 15.6. The molecular weight excluding hydrogens is 385 g/mol. The Bertz CT molecular complexity index is 954. The van der Waals surface area contributed by atoms with Crippen LogP contribution in [-0.2, 0) is 11.2 Å². The molecule has 1 aliphatic rings. The lowest BCUT2D eigenvalue weighted by Crippen LogP contribution is -2.49. The summed E-state index contributed by atoms with van der Waals surface area (Å²) in [6.07, 6.45) is 4.43. The number of piperazine rings is 1. The van der Waals surface area contributed by atoms with E-state index >= 15 is 0 Å². The highest BCUT2D eigenvalue weighted by Crippen LogP contribution is 2.21. The summed E-state index contributed by atoms with van der Waals surface area (Å²) in [7, 11) is 0. The van der Waals surface area contributed by atoms with Crippen molar-refractivity contribution >= 4 is 23.3 Å². The maximum Gasteiger partial charge on any atom is 0.227 e. The van der Waals surface area contributed by atoms with E-state index in [9.17, 15) is 9.18 Å². The number of rotatable bonds is 4. The summed E-state index contributed by atoms with van der Waals surface area (Å²) in [5.74, 6) is 0.777. The summed E-state index contributed by atoms with van der Waals surface area (Å²) in [4.78, 5) is 28.8. The Morgan fingerprint density at radius 3 is 2.61 bits per heavy atom. The van der Waals surface area contributed by atoms with Crippen LogP contribution in [0.25, 0.3) is 5.82 Å². The Labute approximate surface area is 165 Å². The Balaban J connectivity index is 1.40.